The van der Waals surface area contributed by atoms with Crippen molar-refractivity contribution in [2.24, 2.45) is 7.05 Å². The Hall–Kier alpha value is -2.41. The van der Waals surface area contributed by atoms with Crippen molar-refractivity contribution in [3.8, 4) is 0 Å². The number of carbonyl (C=O) groups excluding carboxylic acids is 1. The van der Waals surface area contributed by atoms with Crippen LogP contribution in [0.25, 0.3) is 0 Å². The topological polar surface area (TPSA) is 64.0 Å². The number of benzene rings is 1. The van der Waals surface area contributed by atoms with Gasteiger partial charge in [0, 0.05) is 25.1 Å². The smallest absolute Gasteiger partial charge is 0.279 e. The highest BCUT2D eigenvalue weighted by molar-refractivity contribution is 7.99. The molecule has 2 heterocycles. The third kappa shape index (κ3) is 2.99. The maximum absolute atomic E-state index is 13.2. The standard InChI is InChI=1S/C17H16FN3O2S/c1-3-8-24-17-20-16(23)14-12(10-4-6-11(18)7-5-10)9-13(22)19-15(14)21(17)2/h3-7,12H,1,8-9H2,2H3,(H,19,22). The molecule has 1 aliphatic rings. The van der Waals surface area contributed by atoms with Gasteiger partial charge in [0.2, 0.25) is 5.91 Å². The SMILES string of the molecule is C=CCSc1nc(=O)c2c(n1C)NC(=O)CC2c1ccc(F)cc1. The molecule has 2 aromatic rings. The van der Waals surface area contributed by atoms with Crippen LogP contribution in [-0.4, -0.2) is 21.2 Å². The lowest BCUT2D eigenvalue weighted by Gasteiger charge is -2.27. The van der Waals surface area contributed by atoms with Gasteiger partial charge in [-0.2, -0.15) is 4.98 Å². The molecule has 124 valence electrons. The molecule has 1 aliphatic heterocycles. The number of fused-ring (bicyclic) bond motifs is 1. The highest BCUT2D eigenvalue weighted by Gasteiger charge is 2.32. The second-order valence-corrected chi connectivity index (χ2v) is 6.46. The third-order valence-electron chi connectivity index (χ3n) is 3.90. The molecular weight excluding hydrogens is 329 g/mol. The van der Waals surface area contributed by atoms with E-state index < -0.39 is 5.92 Å². The Morgan fingerprint density at radius 3 is 2.79 bits per heavy atom. The van der Waals surface area contributed by atoms with Gasteiger partial charge in [0.05, 0.1) is 5.56 Å². The van der Waals surface area contributed by atoms with Crippen LogP contribution in [0, 0.1) is 5.82 Å². The second-order valence-electron chi connectivity index (χ2n) is 5.48. The normalized spacial score (nSPS) is 16.4. The number of carbonyl (C=O) groups is 1. The van der Waals surface area contributed by atoms with Crippen molar-refractivity contribution in [2.75, 3.05) is 11.1 Å². The van der Waals surface area contributed by atoms with Gasteiger partial charge in [0.25, 0.3) is 5.56 Å². The van der Waals surface area contributed by atoms with Crippen LogP contribution in [0.1, 0.15) is 23.5 Å². The zero-order chi connectivity index (χ0) is 17.3. The van der Waals surface area contributed by atoms with E-state index in [-0.39, 0.29) is 23.7 Å². The summed E-state index contributed by atoms with van der Waals surface area (Å²) in [5.41, 5.74) is 0.786. The van der Waals surface area contributed by atoms with E-state index in [0.717, 1.165) is 5.56 Å². The summed E-state index contributed by atoms with van der Waals surface area (Å²) in [4.78, 5) is 28.8. The Morgan fingerprint density at radius 1 is 1.42 bits per heavy atom. The molecule has 0 bridgehead atoms. The highest BCUT2D eigenvalue weighted by Crippen LogP contribution is 2.35. The Labute approximate surface area is 142 Å². The van der Waals surface area contributed by atoms with Crippen LogP contribution >= 0.6 is 11.8 Å². The van der Waals surface area contributed by atoms with Crippen LogP contribution in [0.15, 0.2) is 46.9 Å². The molecule has 7 heteroatoms. The van der Waals surface area contributed by atoms with Crippen molar-refractivity contribution in [1.82, 2.24) is 9.55 Å². The summed E-state index contributed by atoms with van der Waals surface area (Å²) < 4.78 is 14.9. The van der Waals surface area contributed by atoms with Crippen molar-refractivity contribution >= 4 is 23.5 Å². The van der Waals surface area contributed by atoms with Gasteiger partial charge in [-0.05, 0) is 17.7 Å². The van der Waals surface area contributed by atoms with E-state index in [0.29, 0.717) is 22.3 Å². The van der Waals surface area contributed by atoms with Gasteiger partial charge in [-0.15, -0.1) is 6.58 Å². The maximum Gasteiger partial charge on any atom is 0.279 e. The second kappa shape index (κ2) is 6.60. The van der Waals surface area contributed by atoms with Gasteiger partial charge in [0.1, 0.15) is 11.6 Å². The maximum atomic E-state index is 13.2. The first-order valence-electron chi connectivity index (χ1n) is 7.41. The number of halogens is 1. The van der Waals surface area contributed by atoms with Gasteiger partial charge in [0.15, 0.2) is 5.16 Å². The summed E-state index contributed by atoms with van der Waals surface area (Å²) in [5, 5.41) is 3.28. The number of nitrogens with one attached hydrogen (secondary N) is 1. The largest absolute Gasteiger partial charge is 0.312 e. The molecule has 0 aliphatic carbocycles. The van der Waals surface area contributed by atoms with E-state index in [9.17, 15) is 14.0 Å². The number of rotatable bonds is 4. The molecule has 1 aromatic carbocycles. The summed E-state index contributed by atoms with van der Waals surface area (Å²) in [6.45, 7) is 3.65. The molecule has 1 atom stereocenters. The molecule has 1 unspecified atom stereocenters. The molecule has 1 N–H and O–H groups in total. The first-order valence-corrected chi connectivity index (χ1v) is 8.39. The van der Waals surface area contributed by atoms with Crippen LogP contribution < -0.4 is 10.9 Å². The Bertz CT molecular complexity index is 861. The van der Waals surface area contributed by atoms with Crippen molar-refractivity contribution in [3.05, 3.63) is 64.2 Å². The van der Waals surface area contributed by atoms with Gasteiger partial charge < -0.3 is 9.88 Å². The fourth-order valence-electron chi connectivity index (χ4n) is 2.78. The third-order valence-corrected chi connectivity index (χ3v) is 4.93. The lowest BCUT2D eigenvalue weighted by atomic mass is 9.87. The van der Waals surface area contributed by atoms with Crippen LogP contribution in [-0.2, 0) is 11.8 Å². The Kier molecular flexibility index (Phi) is 4.53. The lowest BCUT2D eigenvalue weighted by Crippen LogP contribution is -2.33. The monoisotopic (exact) mass is 345 g/mol. The van der Waals surface area contributed by atoms with Gasteiger partial charge >= 0.3 is 0 Å². The molecular formula is C17H16FN3O2S. The summed E-state index contributed by atoms with van der Waals surface area (Å²) >= 11 is 1.37. The molecule has 0 spiro atoms. The number of anilines is 1. The first kappa shape index (κ1) is 16.4. The number of nitrogens with zero attached hydrogens (tertiary/aromatic N) is 2. The molecule has 24 heavy (non-hydrogen) atoms. The minimum absolute atomic E-state index is 0.134. The molecule has 0 radical (unpaired) electrons. The zero-order valence-corrected chi connectivity index (χ0v) is 13.9. The van der Waals surface area contributed by atoms with Gasteiger partial charge in [-0.3, -0.25) is 9.59 Å². The predicted molar refractivity (Wildman–Crippen MR) is 91.9 cm³/mol. The number of thioether (sulfide) groups is 1. The zero-order valence-electron chi connectivity index (χ0n) is 13.1. The summed E-state index contributed by atoms with van der Waals surface area (Å²) in [6, 6.07) is 5.85. The highest BCUT2D eigenvalue weighted by atomic mass is 32.2. The molecule has 0 saturated heterocycles. The Morgan fingerprint density at radius 2 is 2.12 bits per heavy atom. The molecule has 3 rings (SSSR count). The number of aromatic nitrogens is 2. The minimum Gasteiger partial charge on any atom is -0.312 e. The van der Waals surface area contributed by atoms with Crippen molar-refractivity contribution in [3.63, 3.8) is 0 Å². The Balaban J connectivity index is 2.14. The van der Waals surface area contributed by atoms with Crippen LogP contribution in [0.2, 0.25) is 0 Å². The summed E-state index contributed by atoms with van der Waals surface area (Å²) in [6.07, 6.45) is 1.85. The van der Waals surface area contributed by atoms with E-state index >= 15 is 0 Å². The predicted octanol–water partition coefficient (Wildman–Crippen LogP) is 2.67. The molecule has 0 fully saturated rings. The molecule has 1 amide bonds. The van der Waals surface area contributed by atoms with E-state index in [1.54, 1.807) is 29.8 Å². The van der Waals surface area contributed by atoms with Crippen molar-refractivity contribution in [1.29, 1.82) is 0 Å². The van der Waals surface area contributed by atoms with Crippen LogP contribution in [0.4, 0.5) is 10.2 Å². The van der Waals surface area contributed by atoms with Crippen LogP contribution in [0.3, 0.4) is 0 Å². The van der Waals surface area contributed by atoms with E-state index in [4.69, 9.17) is 0 Å². The van der Waals surface area contributed by atoms with Gasteiger partial charge in [-0.25, -0.2) is 4.39 Å². The lowest BCUT2D eigenvalue weighted by molar-refractivity contribution is -0.116. The summed E-state index contributed by atoms with van der Waals surface area (Å²) in [7, 11) is 1.75. The quantitative estimate of drug-likeness (QED) is 0.526. The van der Waals surface area contributed by atoms with Gasteiger partial charge in [-0.1, -0.05) is 30.0 Å². The fraction of sp³-hybridized carbons (Fsp3) is 0.235. The van der Waals surface area contributed by atoms with Crippen molar-refractivity contribution in [2.45, 2.75) is 17.5 Å². The summed E-state index contributed by atoms with van der Waals surface area (Å²) in [5.74, 6) is 0.0827. The average Bonchev–Trinajstić information content (AvgIpc) is 2.56. The van der Waals surface area contributed by atoms with Crippen molar-refractivity contribution < 1.29 is 9.18 Å². The molecule has 5 nitrogen and oxygen atoms in total. The van der Waals surface area contributed by atoms with E-state index in [1.165, 1.54) is 23.9 Å². The number of amides is 1. The fourth-order valence-corrected chi connectivity index (χ4v) is 3.48. The molecule has 0 saturated carbocycles. The van der Waals surface area contributed by atoms with Crippen LogP contribution in [0.5, 0.6) is 0 Å². The number of hydrogen-bond donors (Lipinski definition) is 1. The minimum atomic E-state index is -0.431. The number of hydrogen-bond acceptors (Lipinski definition) is 4. The van der Waals surface area contributed by atoms with E-state index in [1.807, 2.05) is 0 Å². The average molecular weight is 345 g/mol. The first-order chi connectivity index (χ1) is 11.5. The van der Waals surface area contributed by atoms with E-state index in [2.05, 4.69) is 16.9 Å². The molecule has 1 aromatic heterocycles.